The lowest BCUT2D eigenvalue weighted by molar-refractivity contribution is -0.122. The molecule has 3 aromatic rings. The predicted molar refractivity (Wildman–Crippen MR) is 144 cm³/mol. The summed E-state index contributed by atoms with van der Waals surface area (Å²) in [5.41, 5.74) is 2.22. The molecule has 4 rings (SSSR count). The van der Waals surface area contributed by atoms with Crippen LogP contribution >= 0.6 is 0 Å². The number of carbonyl (C=O) groups excluding carboxylic acids is 3. The number of primary sulfonamides is 1. The minimum atomic E-state index is -3.94. The molecule has 1 unspecified atom stereocenters. The number of hydrogen-bond donors (Lipinski definition) is 1. The number of methoxy groups -OCH3 is 2. The van der Waals surface area contributed by atoms with Crippen LogP contribution < -0.4 is 19.5 Å². The summed E-state index contributed by atoms with van der Waals surface area (Å²) in [4.78, 5) is 42.6. The lowest BCUT2D eigenvalue weighted by atomic mass is 10.0. The van der Waals surface area contributed by atoms with Crippen LogP contribution in [-0.4, -0.2) is 57.8 Å². The Hall–Kier alpha value is -4.22. The Kier molecular flexibility index (Phi) is 8.03. The van der Waals surface area contributed by atoms with E-state index in [0.29, 0.717) is 23.5 Å². The molecule has 11 heteroatoms. The number of rotatable bonds is 9. The van der Waals surface area contributed by atoms with Crippen LogP contribution in [0.2, 0.25) is 0 Å². The van der Waals surface area contributed by atoms with Crippen molar-refractivity contribution in [3.05, 3.63) is 83.4 Å². The average molecular weight is 552 g/mol. The Morgan fingerprint density at radius 2 is 1.67 bits per heavy atom. The zero-order chi connectivity index (χ0) is 28.3. The molecule has 2 N–H and O–H groups in total. The molecule has 0 aliphatic carbocycles. The molecule has 0 spiro atoms. The lowest BCUT2D eigenvalue weighted by Crippen LogP contribution is -2.46. The van der Waals surface area contributed by atoms with E-state index in [0.717, 1.165) is 16.0 Å². The number of benzene rings is 3. The second kappa shape index (κ2) is 11.3. The first kappa shape index (κ1) is 27.8. The fraction of sp³-hybridized carbons (Fsp3) is 0.250. The summed E-state index contributed by atoms with van der Waals surface area (Å²) >= 11 is 0. The van der Waals surface area contributed by atoms with Gasteiger partial charge in [0.05, 0.1) is 31.2 Å². The van der Waals surface area contributed by atoms with Crippen molar-refractivity contribution in [2.75, 3.05) is 25.7 Å². The van der Waals surface area contributed by atoms with Gasteiger partial charge in [0.25, 0.3) is 11.8 Å². The van der Waals surface area contributed by atoms with Gasteiger partial charge < -0.3 is 14.4 Å². The molecule has 0 aromatic heterocycles. The first-order valence-electron chi connectivity index (χ1n) is 12.1. The quantitative estimate of drug-likeness (QED) is 0.404. The van der Waals surface area contributed by atoms with Crippen LogP contribution in [0.4, 0.5) is 5.69 Å². The smallest absolute Gasteiger partial charge is 0.257 e. The van der Waals surface area contributed by atoms with Gasteiger partial charge in [-0.15, -0.1) is 0 Å². The number of aryl methyl sites for hydroxylation is 1. The molecule has 1 fully saturated rings. The van der Waals surface area contributed by atoms with Gasteiger partial charge in [0.1, 0.15) is 6.04 Å². The van der Waals surface area contributed by atoms with E-state index in [1.807, 2.05) is 12.1 Å². The lowest BCUT2D eigenvalue weighted by Gasteiger charge is -2.28. The van der Waals surface area contributed by atoms with Gasteiger partial charge in [-0.2, -0.15) is 0 Å². The van der Waals surface area contributed by atoms with E-state index < -0.39 is 27.9 Å². The van der Waals surface area contributed by atoms with Crippen molar-refractivity contribution in [3.8, 4) is 11.5 Å². The van der Waals surface area contributed by atoms with E-state index in [1.54, 1.807) is 37.3 Å². The minimum Gasteiger partial charge on any atom is -0.493 e. The number of hydrogen-bond acceptors (Lipinski definition) is 7. The first-order chi connectivity index (χ1) is 18.5. The Morgan fingerprint density at radius 1 is 1.00 bits per heavy atom. The van der Waals surface area contributed by atoms with E-state index in [4.69, 9.17) is 14.6 Å². The van der Waals surface area contributed by atoms with Crippen LogP contribution in [-0.2, 0) is 26.0 Å². The predicted octanol–water partition coefficient (Wildman–Crippen LogP) is 2.68. The Labute approximate surface area is 227 Å². The summed E-state index contributed by atoms with van der Waals surface area (Å²) in [7, 11) is -0.873. The molecule has 1 saturated heterocycles. The third kappa shape index (κ3) is 5.79. The summed E-state index contributed by atoms with van der Waals surface area (Å²) in [5, 5.41) is 5.16. The summed E-state index contributed by atoms with van der Waals surface area (Å²) in [6.07, 6.45) is 0.179. The molecule has 3 amide bonds. The molecule has 39 heavy (non-hydrogen) atoms. The maximum absolute atomic E-state index is 13.8. The Balaban J connectivity index is 1.65. The highest BCUT2D eigenvalue weighted by Gasteiger charge is 2.44. The summed E-state index contributed by atoms with van der Waals surface area (Å²) in [5.74, 6) is -0.339. The monoisotopic (exact) mass is 551 g/mol. The molecule has 1 aliphatic heterocycles. The summed E-state index contributed by atoms with van der Waals surface area (Å²) < 4.78 is 33.9. The summed E-state index contributed by atoms with van der Waals surface area (Å²) in [6.45, 7) is 1.96. The second-order valence-electron chi connectivity index (χ2n) is 9.08. The number of nitrogens with zero attached hydrogens (tertiary/aromatic N) is 2. The van der Waals surface area contributed by atoms with Crippen LogP contribution in [0, 0.1) is 6.92 Å². The molecule has 0 radical (unpaired) electrons. The SMILES string of the molecule is COc1ccc(CCN(C(=O)c2ccccc2C)C2CC(=O)N(c3ccc(S(N)(=O)=O)cc3)C2=O)cc1OC. The maximum atomic E-state index is 13.8. The fourth-order valence-corrected chi connectivity index (χ4v) is 5.08. The molecule has 1 aliphatic rings. The molecule has 1 atom stereocenters. The normalized spacial score (nSPS) is 15.4. The van der Waals surface area contributed by atoms with Gasteiger partial charge in [-0.1, -0.05) is 24.3 Å². The number of amides is 3. The van der Waals surface area contributed by atoms with Gasteiger partial charge >= 0.3 is 0 Å². The average Bonchev–Trinajstić information content (AvgIpc) is 3.21. The number of sulfonamides is 1. The van der Waals surface area contributed by atoms with Crippen LogP contribution in [0.15, 0.2) is 71.6 Å². The van der Waals surface area contributed by atoms with Crippen molar-refractivity contribution in [3.63, 3.8) is 0 Å². The van der Waals surface area contributed by atoms with Crippen molar-refractivity contribution in [2.24, 2.45) is 5.14 Å². The Bertz CT molecular complexity index is 1520. The summed E-state index contributed by atoms with van der Waals surface area (Å²) in [6, 6.07) is 16.6. The number of carbonyl (C=O) groups is 3. The zero-order valence-electron chi connectivity index (χ0n) is 21.8. The van der Waals surface area contributed by atoms with Gasteiger partial charge in [0.15, 0.2) is 11.5 Å². The molecule has 0 bridgehead atoms. The maximum Gasteiger partial charge on any atom is 0.257 e. The number of nitrogens with two attached hydrogens (primary N) is 1. The molecule has 1 heterocycles. The van der Waals surface area contributed by atoms with Crippen molar-refractivity contribution >= 4 is 33.4 Å². The highest BCUT2D eigenvalue weighted by Crippen LogP contribution is 2.30. The molecule has 10 nitrogen and oxygen atoms in total. The highest BCUT2D eigenvalue weighted by atomic mass is 32.2. The highest BCUT2D eigenvalue weighted by molar-refractivity contribution is 7.89. The molecule has 204 valence electrons. The molecule has 0 saturated carbocycles. The van der Waals surface area contributed by atoms with Crippen LogP contribution in [0.1, 0.15) is 27.9 Å². The van der Waals surface area contributed by atoms with Gasteiger partial charge in [-0.05, 0) is 66.9 Å². The Morgan fingerprint density at radius 3 is 2.28 bits per heavy atom. The fourth-order valence-electron chi connectivity index (χ4n) is 4.57. The van der Waals surface area contributed by atoms with Crippen LogP contribution in [0.25, 0.3) is 0 Å². The second-order valence-corrected chi connectivity index (χ2v) is 10.6. The van der Waals surface area contributed by atoms with Gasteiger partial charge in [0.2, 0.25) is 15.9 Å². The van der Waals surface area contributed by atoms with Gasteiger partial charge in [-0.25, -0.2) is 18.5 Å². The zero-order valence-corrected chi connectivity index (χ0v) is 22.6. The van der Waals surface area contributed by atoms with E-state index in [1.165, 1.54) is 43.4 Å². The van der Waals surface area contributed by atoms with Crippen molar-refractivity contribution < 1.29 is 32.3 Å². The third-order valence-corrected chi connectivity index (χ3v) is 7.58. The van der Waals surface area contributed by atoms with Gasteiger partial charge in [0, 0.05) is 12.1 Å². The third-order valence-electron chi connectivity index (χ3n) is 6.65. The van der Waals surface area contributed by atoms with E-state index in [-0.39, 0.29) is 29.5 Å². The molecular weight excluding hydrogens is 522 g/mol. The van der Waals surface area contributed by atoms with Crippen LogP contribution in [0.5, 0.6) is 11.5 Å². The number of ether oxygens (including phenoxy) is 2. The molecule has 3 aromatic carbocycles. The first-order valence-corrected chi connectivity index (χ1v) is 13.7. The van der Waals surface area contributed by atoms with Crippen molar-refractivity contribution in [1.82, 2.24) is 4.90 Å². The number of anilines is 1. The van der Waals surface area contributed by atoms with Crippen LogP contribution in [0.3, 0.4) is 0 Å². The standard InChI is InChI=1S/C28H29N3O7S/c1-18-6-4-5-7-22(18)27(33)30(15-14-19-8-13-24(37-2)25(16-19)38-3)23-17-26(32)31(28(23)34)20-9-11-21(12-10-20)39(29,35)36/h4-13,16,23H,14-15,17H2,1-3H3,(H2,29,35,36). The van der Waals surface area contributed by atoms with E-state index >= 15 is 0 Å². The van der Waals surface area contributed by atoms with Crippen molar-refractivity contribution in [1.29, 1.82) is 0 Å². The van der Waals surface area contributed by atoms with Gasteiger partial charge in [-0.3, -0.25) is 14.4 Å². The number of imide groups is 1. The van der Waals surface area contributed by atoms with Crippen molar-refractivity contribution in [2.45, 2.75) is 30.7 Å². The van der Waals surface area contributed by atoms with E-state index in [2.05, 4.69) is 0 Å². The molecular formula is C28H29N3O7S. The topological polar surface area (TPSA) is 136 Å². The largest absolute Gasteiger partial charge is 0.493 e. The minimum absolute atomic E-state index is 0.145. The van der Waals surface area contributed by atoms with E-state index in [9.17, 15) is 22.8 Å².